The van der Waals surface area contributed by atoms with Crippen molar-refractivity contribution in [2.24, 2.45) is 0 Å². The van der Waals surface area contributed by atoms with Crippen LogP contribution in [-0.2, 0) is 29.0 Å². The van der Waals surface area contributed by atoms with Crippen LogP contribution < -0.4 is 16.0 Å². The average molecular weight is 496 g/mol. The Labute approximate surface area is 201 Å². The summed E-state index contributed by atoms with van der Waals surface area (Å²) in [7, 11) is 2.20. The van der Waals surface area contributed by atoms with Gasteiger partial charge in [-0.1, -0.05) is 47.5 Å². The second-order valence-electron chi connectivity index (χ2n) is 7.07. The molecule has 0 saturated heterocycles. The highest BCUT2D eigenvalue weighted by molar-refractivity contribution is 7.09. The Morgan fingerprint density at radius 1 is 1.06 bits per heavy atom. The number of hydrogen-bond acceptors (Lipinski definition) is 6. The Kier molecular flexibility index (Phi) is 9.06. The zero-order chi connectivity index (χ0) is 22.9. The predicted octanol–water partition coefficient (Wildman–Crippen LogP) is 5.07. The summed E-state index contributed by atoms with van der Waals surface area (Å²) < 4.78 is 5.13. The fourth-order valence-electron chi connectivity index (χ4n) is 2.87. The van der Waals surface area contributed by atoms with Crippen molar-refractivity contribution in [1.82, 2.24) is 15.3 Å². The van der Waals surface area contributed by atoms with Crippen LogP contribution in [0.4, 0.5) is 11.8 Å². The number of halogens is 2. The third-order valence-corrected chi connectivity index (χ3v) is 5.14. The number of nitrogens with one attached hydrogen (secondary N) is 3. The topological polar surface area (TPSA) is 88.2 Å². The highest BCUT2D eigenvalue weighted by atomic mass is 35.5. The van der Waals surface area contributed by atoms with E-state index >= 15 is 0 Å². The largest absolute Gasteiger partial charge is 0.359 e. The summed E-state index contributed by atoms with van der Waals surface area (Å²) in [5, 5.41) is 10.5. The molecule has 3 N–H and O–H groups in total. The van der Waals surface area contributed by atoms with Crippen LogP contribution in [0.3, 0.4) is 0 Å². The van der Waals surface area contributed by atoms with Crippen molar-refractivity contribution in [2.45, 2.75) is 32.7 Å². The molecular weight excluding hydrogens is 468 g/mol. The van der Waals surface area contributed by atoms with Crippen LogP contribution in [0.5, 0.6) is 0 Å². The molecule has 1 unspecified atom stereocenters. The smallest absolute Gasteiger partial charge is 0.242 e. The van der Waals surface area contributed by atoms with Gasteiger partial charge in [-0.2, -0.15) is 4.98 Å². The summed E-state index contributed by atoms with van der Waals surface area (Å²) in [4.78, 5) is 21.5. The molecule has 170 valence electrons. The van der Waals surface area contributed by atoms with Gasteiger partial charge in [-0.15, -0.1) is 0 Å². The van der Waals surface area contributed by atoms with Gasteiger partial charge in [0.25, 0.3) is 0 Å². The van der Waals surface area contributed by atoms with Crippen molar-refractivity contribution < 1.29 is 10.7 Å². The lowest BCUT2D eigenvalue weighted by molar-refractivity contribution is -0.121. The van der Waals surface area contributed by atoms with Crippen LogP contribution in [0, 0.1) is 0 Å². The molecule has 0 radical (unpaired) electrons. The Balaban J connectivity index is 0.00000385. The minimum Gasteiger partial charge on any atom is -0.359 e. The molecule has 0 aliphatic rings. The van der Waals surface area contributed by atoms with E-state index in [4.69, 9.17) is 27.7 Å². The maximum Gasteiger partial charge on any atom is 0.242 e. The van der Waals surface area contributed by atoms with E-state index in [2.05, 4.69) is 35.4 Å². The number of rotatable bonds is 10. The Morgan fingerprint density at radius 2 is 1.84 bits per heavy atom. The normalized spacial score (nSPS) is 11.6. The molecule has 3 aromatic rings. The third-order valence-electron chi connectivity index (χ3n) is 4.49. The van der Waals surface area contributed by atoms with Gasteiger partial charge in [-0.05, 0) is 42.3 Å². The minimum absolute atomic E-state index is 0. The third kappa shape index (κ3) is 7.61. The van der Waals surface area contributed by atoms with Crippen molar-refractivity contribution in [1.29, 1.82) is 0 Å². The summed E-state index contributed by atoms with van der Waals surface area (Å²) in [5.41, 5.74) is 2.63. The molecule has 1 aromatic heterocycles. The molecular formula is C22H26Cl2N5O2P. The van der Waals surface area contributed by atoms with Gasteiger partial charge in [0.15, 0.2) is 0 Å². The van der Waals surface area contributed by atoms with Gasteiger partial charge in [-0.25, -0.2) is 4.98 Å². The maximum atomic E-state index is 12.5. The van der Waals surface area contributed by atoms with Gasteiger partial charge in [-0.3, -0.25) is 4.79 Å². The number of benzene rings is 2. The number of amides is 1. The first kappa shape index (κ1) is 24.2. The number of nitrogens with zero attached hydrogens (tertiary/aromatic N) is 2. The zero-order valence-electron chi connectivity index (χ0n) is 17.4. The van der Waals surface area contributed by atoms with Crippen LogP contribution in [0.25, 0.3) is 0 Å². The Bertz CT molecular complexity index is 1060. The first-order valence-electron chi connectivity index (χ1n) is 9.89. The first-order valence-corrected chi connectivity index (χ1v) is 11.1. The second-order valence-corrected chi connectivity index (χ2v) is 8.28. The molecule has 0 bridgehead atoms. The molecule has 0 aliphatic carbocycles. The SMILES string of the molecule is C[C@@H](Nc1cc(COP)nc(NCc2cccc(Cl)c2)n1)C(=O)NCc1ccc(Cl)cc1.[3HH]. The fraction of sp³-hybridized carbons (Fsp3) is 0.227. The predicted molar refractivity (Wildman–Crippen MR) is 134 cm³/mol. The molecule has 7 nitrogen and oxygen atoms in total. The number of carbonyl (C=O) groups excluding carboxylic acids is 1. The van der Waals surface area contributed by atoms with E-state index in [-0.39, 0.29) is 13.9 Å². The maximum absolute atomic E-state index is 12.5. The molecule has 10 heteroatoms. The Morgan fingerprint density at radius 3 is 2.56 bits per heavy atom. The van der Waals surface area contributed by atoms with Gasteiger partial charge >= 0.3 is 0 Å². The van der Waals surface area contributed by atoms with Crippen LogP contribution in [0.2, 0.25) is 10.0 Å². The number of anilines is 2. The monoisotopic (exact) mass is 495 g/mol. The van der Waals surface area contributed by atoms with Crippen LogP contribution in [0.15, 0.2) is 54.6 Å². The van der Waals surface area contributed by atoms with Gasteiger partial charge in [0, 0.05) is 40.1 Å². The molecule has 0 saturated carbocycles. The van der Waals surface area contributed by atoms with Crippen molar-refractivity contribution in [3.05, 3.63) is 81.5 Å². The summed E-state index contributed by atoms with van der Waals surface area (Å²) >= 11 is 11.9. The molecule has 2 aromatic carbocycles. The standard InChI is InChI=1S/C22H24Cl2N5O2P.H2/c1-14(21(30)25-11-15-5-7-17(23)8-6-15)27-20-10-19(13-31-32)28-22(29-20)26-12-16-3-2-4-18(24)9-16;/h2-10,14H,11-13,32H2,1H3,(H,25,30)(H2,26,27,28,29);1H/t14-;/m1./s1/i;1+2. The molecule has 2 atom stereocenters. The van der Waals surface area contributed by atoms with E-state index < -0.39 is 6.04 Å². The lowest BCUT2D eigenvalue weighted by atomic mass is 10.2. The van der Waals surface area contributed by atoms with E-state index in [1.807, 2.05) is 36.4 Å². The van der Waals surface area contributed by atoms with Crippen molar-refractivity contribution in [2.75, 3.05) is 10.6 Å². The second kappa shape index (κ2) is 12.0. The molecule has 32 heavy (non-hydrogen) atoms. The van der Waals surface area contributed by atoms with E-state index in [1.54, 1.807) is 25.1 Å². The van der Waals surface area contributed by atoms with Crippen molar-refractivity contribution in [3.8, 4) is 0 Å². The van der Waals surface area contributed by atoms with Gasteiger partial charge in [0.1, 0.15) is 11.9 Å². The number of hydrogen-bond donors (Lipinski definition) is 3. The van der Waals surface area contributed by atoms with Crippen LogP contribution in [0.1, 0.15) is 25.2 Å². The molecule has 3 rings (SSSR count). The average Bonchev–Trinajstić information content (AvgIpc) is 2.77. The lowest BCUT2D eigenvalue weighted by Gasteiger charge is -2.16. The Hall–Kier alpha value is -2.44. The highest BCUT2D eigenvalue weighted by Gasteiger charge is 2.14. The lowest BCUT2D eigenvalue weighted by Crippen LogP contribution is -2.37. The van der Waals surface area contributed by atoms with Crippen molar-refractivity contribution >= 4 is 50.3 Å². The van der Waals surface area contributed by atoms with Gasteiger partial charge < -0.3 is 20.5 Å². The number of carbonyl (C=O) groups is 1. The van der Waals surface area contributed by atoms with E-state index in [0.29, 0.717) is 40.6 Å². The van der Waals surface area contributed by atoms with Gasteiger partial charge in [0.2, 0.25) is 11.9 Å². The van der Waals surface area contributed by atoms with E-state index in [0.717, 1.165) is 11.1 Å². The summed E-state index contributed by atoms with van der Waals surface area (Å²) in [6, 6.07) is 16.1. The molecule has 1 heterocycles. The summed E-state index contributed by atoms with van der Waals surface area (Å²) in [5.74, 6) is 0.774. The molecule has 1 amide bonds. The fourth-order valence-corrected chi connectivity index (χ4v) is 3.38. The van der Waals surface area contributed by atoms with E-state index in [9.17, 15) is 4.79 Å². The quantitative estimate of drug-likeness (QED) is 0.340. The molecule has 0 aliphatic heterocycles. The summed E-state index contributed by atoms with van der Waals surface area (Å²) in [6.45, 7) is 2.96. The van der Waals surface area contributed by atoms with Gasteiger partial charge in [0.05, 0.1) is 12.3 Å². The van der Waals surface area contributed by atoms with Crippen LogP contribution in [-0.4, -0.2) is 21.9 Å². The van der Waals surface area contributed by atoms with Crippen LogP contribution >= 0.6 is 32.7 Å². The molecule has 0 fully saturated rings. The highest BCUT2D eigenvalue weighted by Crippen LogP contribution is 2.16. The zero-order valence-corrected chi connectivity index (χ0v) is 20.1. The minimum atomic E-state index is -0.511. The van der Waals surface area contributed by atoms with Crippen molar-refractivity contribution in [3.63, 3.8) is 0 Å². The summed E-state index contributed by atoms with van der Waals surface area (Å²) in [6.07, 6.45) is 0. The van der Waals surface area contributed by atoms with E-state index in [1.165, 1.54) is 0 Å². The molecule has 0 spiro atoms. The number of aromatic nitrogens is 2. The first-order chi connectivity index (χ1) is 15.4.